The zero-order valence-corrected chi connectivity index (χ0v) is 14.0. The Morgan fingerprint density at radius 3 is 2.75 bits per heavy atom. The van der Waals surface area contributed by atoms with Crippen LogP contribution in [0.25, 0.3) is 5.69 Å². The lowest BCUT2D eigenvalue weighted by Crippen LogP contribution is -2.16. The van der Waals surface area contributed by atoms with Gasteiger partial charge in [0.1, 0.15) is 12.0 Å². The third-order valence-corrected chi connectivity index (χ3v) is 3.63. The molecule has 0 bridgehead atoms. The first-order valence-corrected chi connectivity index (χ1v) is 7.66. The molecule has 0 saturated carbocycles. The molecule has 0 spiro atoms. The van der Waals surface area contributed by atoms with E-state index in [-0.39, 0.29) is 5.78 Å². The molecule has 122 valence electrons. The Morgan fingerprint density at radius 2 is 2.04 bits per heavy atom. The lowest BCUT2D eigenvalue weighted by Gasteiger charge is -2.14. The average molecular weight is 321 g/mol. The number of nitrogens with zero attached hydrogens (tertiary/aromatic N) is 5. The normalized spacial score (nSPS) is 11.0. The molecule has 0 radical (unpaired) electrons. The highest BCUT2D eigenvalue weighted by Gasteiger charge is 2.18. The molecule has 0 amide bonds. The highest BCUT2D eigenvalue weighted by molar-refractivity contribution is 6.10. The molecule has 0 saturated heterocycles. The number of pyridine rings is 1. The molecule has 2 heterocycles. The molecule has 3 rings (SSSR count). The van der Waals surface area contributed by atoms with E-state index in [9.17, 15) is 4.79 Å². The standard InChI is InChI=1S/C18H19N5O/c1-13-7-8-16(23-12-20-21-17(23)11-22(2)3)14(10-13)18(24)15-6-4-5-9-19-15/h4-10,12H,11H2,1-3H3. The molecular formula is C18H19N5O. The van der Waals surface area contributed by atoms with Crippen LogP contribution in [0, 0.1) is 6.92 Å². The second-order valence-electron chi connectivity index (χ2n) is 5.92. The Morgan fingerprint density at radius 1 is 1.21 bits per heavy atom. The van der Waals surface area contributed by atoms with E-state index < -0.39 is 0 Å². The second kappa shape index (κ2) is 6.72. The van der Waals surface area contributed by atoms with Crippen molar-refractivity contribution in [3.05, 3.63) is 71.6 Å². The van der Waals surface area contributed by atoms with E-state index in [1.165, 1.54) is 0 Å². The molecule has 0 unspecified atom stereocenters. The third kappa shape index (κ3) is 3.23. The zero-order chi connectivity index (χ0) is 17.1. The monoisotopic (exact) mass is 321 g/mol. The van der Waals surface area contributed by atoms with Gasteiger partial charge in [-0.05, 0) is 45.3 Å². The van der Waals surface area contributed by atoms with Gasteiger partial charge >= 0.3 is 0 Å². The van der Waals surface area contributed by atoms with Crippen LogP contribution in [0.4, 0.5) is 0 Å². The summed E-state index contributed by atoms with van der Waals surface area (Å²) in [6, 6.07) is 11.1. The van der Waals surface area contributed by atoms with Crippen molar-refractivity contribution < 1.29 is 4.79 Å². The minimum absolute atomic E-state index is 0.112. The summed E-state index contributed by atoms with van der Waals surface area (Å²) in [5.74, 6) is 0.665. The maximum absolute atomic E-state index is 12.9. The number of aryl methyl sites for hydroxylation is 1. The molecule has 3 aromatic rings. The molecular weight excluding hydrogens is 302 g/mol. The molecule has 0 N–H and O–H groups in total. The fourth-order valence-corrected chi connectivity index (χ4v) is 2.53. The lowest BCUT2D eigenvalue weighted by molar-refractivity contribution is 0.103. The lowest BCUT2D eigenvalue weighted by atomic mass is 10.0. The van der Waals surface area contributed by atoms with Gasteiger partial charge in [0.15, 0.2) is 5.82 Å². The van der Waals surface area contributed by atoms with E-state index in [0.717, 1.165) is 17.1 Å². The fraction of sp³-hybridized carbons (Fsp3) is 0.222. The van der Waals surface area contributed by atoms with Gasteiger partial charge in [0, 0.05) is 11.8 Å². The summed E-state index contributed by atoms with van der Waals surface area (Å²) in [5, 5.41) is 8.18. The fourth-order valence-electron chi connectivity index (χ4n) is 2.53. The van der Waals surface area contributed by atoms with E-state index in [2.05, 4.69) is 15.2 Å². The Labute approximate surface area is 140 Å². The van der Waals surface area contributed by atoms with Crippen molar-refractivity contribution >= 4 is 5.78 Å². The third-order valence-electron chi connectivity index (χ3n) is 3.63. The molecule has 0 aliphatic rings. The maximum Gasteiger partial charge on any atom is 0.213 e. The topological polar surface area (TPSA) is 63.9 Å². The number of hydrogen-bond donors (Lipinski definition) is 0. The summed E-state index contributed by atoms with van der Waals surface area (Å²) in [6.07, 6.45) is 3.26. The van der Waals surface area contributed by atoms with Crippen molar-refractivity contribution in [3.8, 4) is 5.69 Å². The summed E-state index contributed by atoms with van der Waals surface area (Å²) >= 11 is 0. The second-order valence-corrected chi connectivity index (χ2v) is 5.92. The number of rotatable bonds is 5. The van der Waals surface area contributed by atoms with Crippen LogP contribution in [0.2, 0.25) is 0 Å². The van der Waals surface area contributed by atoms with Gasteiger partial charge in [-0.3, -0.25) is 14.3 Å². The van der Waals surface area contributed by atoms with Gasteiger partial charge < -0.3 is 4.90 Å². The smallest absolute Gasteiger partial charge is 0.213 e. The largest absolute Gasteiger partial charge is 0.302 e. The maximum atomic E-state index is 12.9. The van der Waals surface area contributed by atoms with Gasteiger partial charge in [-0.2, -0.15) is 0 Å². The van der Waals surface area contributed by atoms with Crippen molar-refractivity contribution in [1.82, 2.24) is 24.6 Å². The van der Waals surface area contributed by atoms with Gasteiger partial charge in [0.25, 0.3) is 0 Å². The van der Waals surface area contributed by atoms with Gasteiger partial charge in [-0.25, -0.2) is 0 Å². The molecule has 6 nitrogen and oxygen atoms in total. The number of aromatic nitrogens is 4. The number of benzene rings is 1. The van der Waals surface area contributed by atoms with Gasteiger partial charge in [0.2, 0.25) is 5.78 Å². The SMILES string of the molecule is Cc1ccc(-n2cnnc2CN(C)C)c(C(=O)c2ccccn2)c1. The molecule has 1 aromatic carbocycles. The van der Waals surface area contributed by atoms with E-state index >= 15 is 0 Å². The van der Waals surface area contributed by atoms with Crippen LogP contribution in [-0.2, 0) is 6.54 Å². The van der Waals surface area contributed by atoms with Gasteiger partial charge in [0.05, 0.1) is 12.2 Å². The molecule has 0 aliphatic carbocycles. The first-order valence-electron chi connectivity index (χ1n) is 7.66. The van der Waals surface area contributed by atoms with Crippen molar-refractivity contribution in [2.75, 3.05) is 14.1 Å². The first-order chi connectivity index (χ1) is 11.6. The minimum Gasteiger partial charge on any atom is -0.302 e. The van der Waals surface area contributed by atoms with Crippen LogP contribution in [0.3, 0.4) is 0 Å². The van der Waals surface area contributed by atoms with Crippen molar-refractivity contribution in [3.63, 3.8) is 0 Å². The van der Waals surface area contributed by atoms with Crippen LogP contribution in [0.1, 0.15) is 27.4 Å². The van der Waals surface area contributed by atoms with Crippen LogP contribution in [-0.4, -0.2) is 44.5 Å². The number of carbonyl (C=O) groups excluding carboxylic acids is 1. The predicted molar refractivity (Wildman–Crippen MR) is 91.2 cm³/mol. The van der Waals surface area contributed by atoms with Crippen molar-refractivity contribution in [1.29, 1.82) is 0 Å². The summed E-state index contributed by atoms with van der Waals surface area (Å²) in [5.41, 5.74) is 2.79. The summed E-state index contributed by atoms with van der Waals surface area (Å²) in [6.45, 7) is 2.59. The molecule has 0 fully saturated rings. The van der Waals surface area contributed by atoms with E-state index in [4.69, 9.17) is 0 Å². The number of hydrogen-bond acceptors (Lipinski definition) is 5. The highest BCUT2D eigenvalue weighted by Crippen LogP contribution is 2.21. The molecule has 24 heavy (non-hydrogen) atoms. The molecule has 2 aromatic heterocycles. The van der Waals surface area contributed by atoms with Crippen LogP contribution in [0.5, 0.6) is 0 Å². The number of carbonyl (C=O) groups is 1. The Kier molecular flexibility index (Phi) is 4.48. The molecule has 0 aliphatic heterocycles. The Hall–Kier alpha value is -2.86. The summed E-state index contributed by atoms with van der Waals surface area (Å²) in [7, 11) is 3.93. The van der Waals surface area contributed by atoms with E-state index in [0.29, 0.717) is 17.8 Å². The molecule has 6 heteroatoms. The Balaban J connectivity index is 2.10. The summed E-state index contributed by atoms with van der Waals surface area (Å²) < 4.78 is 1.86. The predicted octanol–water partition coefficient (Wildman–Crippen LogP) is 2.26. The van der Waals surface area contributed by atoms with Crippen LogP contribution in [0.15, 0.2) is 48.9 Å². The van der Waals surface area contributed by atoms with Crippen molar-refractivity contribution in [2.24, 2.45) is 0 Å². The quantitative estimate of drug-likeness (QED) is 0.675. The Bertz CT molecular complexity index is 855. The van der Waals surface area contributed by atoms with Gasteiger partial charge in [-0.15, -0.1) is 10.2 Å². The van der Waals surface area contributed by atoms with Gasteiger partial charge in [-0.1, -0.05) is 17.7 Å². The summed E-state index contributed by atoms with van der Waals surface area (Å²) in [4.78, 5) is 19.1. The van der Waals surface area contributed by atoms with E-state index in [1.54, 1.807) is 24.7 Å². The highest BCUT2D eigenvalue weighted by atomic mass is 16.1. The zero-order valence-electron chi connectivity index (χ0n) is 14.0. The first kappa shape index (κ1) is 16.0. The number of ketones is 1. The average Bonchev–Trinajstić information content (AvgIpc) is 3.02. The van der Waals surface area contributed by atoms with Crippen LogP contribution < -0.4 is 0 Å². The minimum atomic E-state index is -0.112. The van der Waals surface area contributed by atoms with Crippen molar-refractivity contribution in [2.45, 2.75) is 13.5 Å². The van der Waals surface area contributed by atoms with Crippen LogP contribution >= 0.6 is 0 Å². The molecule has 0 atom stereocenters. The van der Waals surface area contributed by atoms with E-state index in [1.807, 2.05) is 54.8 Å².